The van der Waals surface area contributed by atoms with E-state index >= 15 is 0 Å². The lowest BCUT2D eigenvalue weighted by atomic mass is 10.0. The molecule has 0 aromatic rings. The highest BCUT2D eigenvalue weighted by Gasteiger charge is 2.30. The Hall–Kier alpha value is -0.410. The van der Waals surface area contributed by atoms with Crippen molar-refractivity contribution in [2.45, 2.75) is 26.3 Å². The van der Waals surface area contributed by atoms with E-state index in [-0.39, 0.29) is 18.4 Å². The fourth-order valence-electron chi connectivity index (χ4n) is 1.87. The van der Waals surface area contributed by atoms with Crippen molar-refractivity contribution >= 4 is 5.78 Å². The molecule has 0 aliphatic carbocycles. The van der Waals surface area contributed by atoms with Crippen LogP contribution < -0.4 is 0 Å². The molecule has 1 aliphatic heterocycles. The molecule has 1 saturated heterocycles. The highest BCUT2D eigenvalue weighted by molar-refractivity contribution is 5.77. The zero-order valence-corrected chi connectivity index (χ0v) is 7.79. The van der Waals surface area contributed by atoms with Crippen LogP contribution in [-0.2, 0) is 4.79 Å². The van der Waals surface area contributed by atoms with Gasteiger partial charge in [0.05, 0.1) is 13.2 Å². The van der Waals surface area contributed by atoms with Gasteiger partial charge >= 0.3 is 0 Å². The number of carbonyl (C=O) groups excluding carboxylic acids is 1. The van der Waals surface area contributed by atoms with E-state index in [0.29, 0.717) is 12.5 Å². The molecular formula is C9H17NO2. The zero-order chi connectivity index (χ0) is 9.14. The Bertz CT molecular complexity index is 170. The Morgan fingerprint density at radius 1 is 1.67 bits per heavy atom. The number of rotatable bonds is 3. The predicted octanol–water partition coefficient (Wildman–Crippen LogP) is 0.278. The van der Waals surface area contributed by atoms with Crippen molar-refractivity contribution in [1.82, 2.24) is 4.90 Å². The smallest absolute Gasteiger partial charge is 0.143 e. The summed E-state index contributed by atoms with van der Waals surface area (Å²) in [5, 5.41) is 9.07. The van der Waals surface area contributed by atoms with Gasteiger partial charge in [-0.2, -0.15) is 0 Å². The third-order valence-electron chi connectivity index (χ3n) is 2.61. The summed E-state index contributed by atoms with van der Waals surface area (Å²) in [6, 6.07) is 0.203. The number of aliphatic hydroxyl groups excluding tert-OH is 1. The second-order valence-electron chi connectivity index (χ2n) is 3.69. The predicted molar refractivity (Wildman–Crippen MR) is 46.9 cm³/mol. The van der Waals surface area contributed by atoms with Gasteiger partial charge in [-0.1, -0.05) is 6.92 Å². The third kappa shape index (κ3) is 2.05. The first-order valence-corrected chi connectivity index (χ1v) is 4.49. The first-order valence-electron chi connectivity index (χ1n) is 4.49. The second-order valence-corrected chi connectivity index (χ2v) is 3.69. The van der Waals surface area contributed by atoms with Crippen molar-refractivity contribution < 1.29 is 9.90 Å². The molecule has 70 valence electrons. The standard InChI is InChI=1S/C9H17NO2/c1-7-3-4-10(5-8(2)12)9(7)6-11/h7,9,11H,3-6H2,1-2H3. The molecule has 2 unspecified atom stereocenters. The molecule has 1 N–H and O–H groups in total. The average Bonchev–Trinajstić information content (AvgIpc) is 2.30. The molecule has 1 heterocycles. The zero-order valence-electron chi connectivity index (χ0n) is 7.79. The molecule has 0 bridgehead atoms. The van der Waals surface area contributed by atoms with Gasteiger partial charge in [-0.15, -0.1) is 0 Å². The highest BCUT2D eigenvalue weighted by Crippen LogP contribution is 2.22. The first kappa shape index (κ1) is 9.68. The lowest BCUT2D eigenvalue weighted by Crippen LogP contribution is -2.38. The molecule has 0 spiro atoms. The van der Waals surface area contributed by atoms with E-state index in [1.165, 1.54) is 0 Å². The van der Waals surface area contributed by atoms with Gasteiger partial charge in [0.15, 0.2) is 0 Å². The van der Waals surface area contributed by atoms with E-state index in [2.05, 4.69) is 11.8 Å². The molecule has 2 atom stereocenters. The Kier molecular flexibility index (Phi) is 3.23. The Balaban J connectivity index is 2.48. The quantitative estimate of drug-likeness (QED) is 0.663. The number of likely N-dealkylation sites (tertiary alicyclic amines) is 1. The van der Waals surface area contributed by atoms with E-state index in [4.69, 9.17) is 5.11 Å². The largest absolute Gasteiger partial charge is 0.395 e. The van der Waals surface area contributed by atoms with Crippen LogP contribution in [0.25, 0.3) is 0 Å². The summed E-state index contributed by atoms with van der Waals surface area (Å²) in [6.07, 6.45) is 1.10. The topological polar surface area (TPSA) is 40.5 Å². The summed E-state index contributed by atoms with van der Waals surface area (Å²) in [5.41, 5.74) is 0. The summed E-state index contributed by atoms with van der Waals surface area (Å²) in [5.74, 6) is 0.705. The van der Waals surface area contributed by atoms with Crippen molar-refractivity contribution in [3.63, 3.8) is 0 Å². The number of ketones is 1. The van der Waals surface area contributed by atoms with Crippen LogP contribution >= 0.6 is 0 Å². The van der Waals surface area contributed by atoms with E-state index < -0.39 is 0 Å². The van der Waals surface area contributed by atoms with Gasteiger partial charge in [0.2, 0.25) is 0 Å². The first-order chi connectivity index (χ1) is 5.65. The number of Topliss-reactive ketones (excluding diaryl/α,β-unsaturated/α-hetero) is 1. The molecule has 0 aromatic heterocycles. The minimum absolute atomic E-state index is 0.175. The summed E-state index contributed by atoms with van der Waals surface area (Å²) < 4.78 is 0. The van der Waals surface area contributed by atoms with Crippen LogP contribution in [0.3, 0.4) is 0 Å². The minimum Gasteiger partial charge on any atom is -0.395 e. The Labute approximate surface area is 73.4 Å². The molecule has 1 rings (SSSR count). The lowest BCUT2D eigenvalue weighted by molar-refractivity contribution is -0.118. The van der Waals surface area contributed by atoms with E-state index in [1.807, 2.05) is 0 Å². The van der Waals surface area contributed by atoms with E-state index in [0.717, 1.165) is 13.0 Å². The third-order valence-corrected chi connectivity index (χ3v) is 2.61. The van der Waals surface area contributed by atoms with E-state index in [1.54, 1.807) is 6.92 Å². The maximum atomic E-state index is 10.8. The number of aliphatic hydroxyl groups is 1. The van der Waals surface area contributed by atoms with Gasteiger partial charge in [0, 0.05) is 6.04 Å². The highest BCUT2D eigenvalue weighted by atomic mass is 16.3. The molecule has 0 amide bonds. The molecule has 3 heteroatoms. The van der Waals surface area contributed by atoms with Crippen molar-refractivity contribution in [3.05, 3.63) is 0 Å². The van der Waals surface area contributed by atoms with Crippen LogP contribution in [0.2, 0.25) is 0 Å². The minimum atomic E-state index is 0.175. The molecule has 1 aliphatic rings. The van der Waals surface area contributed by atoms with Gasteiger partial charge in [0.1, 0.15) is 5.78 Å². The lowest BCUT2D eigenvalue weighted by Gasteiger charge is -2.23. The fraction of sp³-hybridized carbons (Fsp3) is 0.889. The summed E-state index contributed by atoms with van der Waals surface area (Å²) >= 11 is 0. The molecule has 0 aromatic carbocycles. The Morgan fingerprint density at radius 2 is 2.33 bits per heavy atom. The SMILES string of the molecule is CC(=O)CN1CCC(C)C1CO. The maximum absolute atomic E-state index is 10.8. The normalized spacial score (nSPS) is 30.9. The maximum Gasteiger partial charge on any atom is 0.143 e. The van der Waals surface area contributed by atoms with Crippen LogP contribution in [0.5, 0.6) is 0 Å². The van der Waals surface area contributed by atoms with Gasteiger partial charge < -0.3 is 5.11 Å². The summed E-state index contributed by atoms with van der Waals surface area (Å²) in [4.78, 5) is 12.9. The molecule has 1 fully saturated rings. The van der Waals surface area contributed by atoms with Crippen LogP contribution in [0, 0.1) is 5.92 Å². The van der Waals surface area contributed by atoms with Crippen LogP contribution in [0.4, 0.5) is 0 Å². The van der Waals surface area contributed by atoms with Gasteiger partial charge in [-0.3, -0.25) is 9.69 Å². The second kappa shape index (κ2) is 4.01. The van der Waals surface area contributed by atoms with Crippen LogP contribution in [0.15, 0.2) is 0 Å². The van der Waals surface area contributed by atoms with Crippen molar-refractivity contribution in [2.75, 3.05) is 19.7 Å². The van der Waals surface area contributed by atoms with Crippen molar-refractivity contribution in [3.8, 4) is 0 Å². The van der Waals surface area contributed by atoms with Crippen LogP contribution in [-0.4, -0.2) is 41.5 Å². The fourth-order valence-corrected chi connectivity index (χ4v) is 1.87. The molecular weight excluding hydrogens is 154 g/mol. The Morgan fingerprint density at radius 3 is 2.83 bits per heavy atom. The molecule has 3 nitrogen and oxygen atoms in total. The van der Waals surface area contributed by atoms with Gasteiger partial charge in [0.25, 0.3) is 0 Å². The average molecular weight is 171 g/mol. The number of carbonyl (C=O) groups is 1. The number of hydrogen-bond donors (Lipinski definition) is 1. The summed E-state index contributed by atoms with van der Waals surface area (Å²) in [7, 11) is 0. The van der Waals surface area contributed by atoms with E-state index in [9.17, 15) is 4.79 Å². The summed E-state index contributed by atoms with van der Waals surface area (Å²) in [6.45, 7) is 5.34. The monoisotopic (exact) mass is 171 g/mol. The number of hydrogen-bond acceptors (Lipinski definition) is 3. The number of nitrogens with zero attached hydrogens (tertiary/aromatic N) is 1. The molecule has 12 heavy (non-hydrogen) atoms. The van der Waals surface area contributed by atoms with Gasteiger partial charge in [-0.25, -0.2) is 0 Å². The van der Waals surface area contributed by atoms with Crippen molar-refractivity contribution in [1.29, 1.82) is 0 Å². The van der Waals surface area contributed by atoms with Crippen molar-refractivity contribution in [2.24, 2.45) is 5.92 Å². The molecule has 0 radical (unpaired) electrons. The molecule has 0 saturated carbocycles. The van der Waals surface area contributed by atoms with Gasteiger partial charge in [-0.05, 0) is 25.8 Å². The van der Waals surface area contributed by atoms with Crippen LogP contribution in [0.1, 0.15) is 20.3 Å².